The van der Waals surface area contributed by atoms with E-state index in [-0.39, 0.29) is 40.4 Å². The number of carbonyl (C=O) groups is 3. The summed E-state index contributed by atoms with van der Waals surface area (Å²) in [6.45, 7) is 2.60. The molecule has 11 heteroatoms. The fraction of sp³-hybridized carbons (Fsp3) is 0.522. The molecule has 3 amide bonds. The van der Waals surface area contributed by atoms with Gasteiger partial charge in [-0.3, -0.25) is 24.7 Å². The third-order valence-electron chi connectivity index (χ3n) is 7.46. The second-order valence-corrected chi connectivity index (χ2v) is 11.2. The molecule has 1 N–H and O–H groups in total. The summed E-state index contributed by atoms with van der Waals surface area (Å²) in [4.78, 5) is 40.6. The van der Waals surface area contributed by atoms with Gasteiger partial charge in [0.1, 0.15) is 0 Å². The van der Waals surface area contributed by atoms with E-state index in [4.69, 9.17) is 0 Å². The van der Waals surface area contributed by atoms with E-state index in [1.807, 2.05) is 0 Å². The Morgan fingerprint density at radius 1 is 0.971 bits per heavy atom. The maximum Gasteiger partial charge on any atom is 0.411 e. The number of anilines is 1. The molecule has 34 heavy (non-hydrogen) atoms. The van der Waals surface area contributed by atoms with Crippen LogP contribution in [0.25, 0.3) is 0 Å². The molecule has 1 saturated carbocycles. The van der Waals surface area contributed by atoms with Crippen molar-refractivity contribution in [2.45, 2.75) is 11.3 Å². The molecular formula is C23H28N4O6S. The smallest absolute Gasteiger partial charge is 0.411 e. The van der Waals surface area contributed by atoms with Gasteiger partial charge in [0.2, 0.25) is 21.8 Å². The molecule has 2 bridgehead atoms. The van der Waals surface area contributed by atoms with Crippen molar-refractivity contribution < 1.29 is 27.5 Å². The number of allylic oxidation sites excluding steroid dienone is 2. The number of ether oxygens (including phenoxy) is 1. The molecule has 0 aromatic heterocycles. The highest BCUT2D eigenvalue weighted by Gasteiger charge is 2.59. The zero-order valence-corrected chi connectivity index (χ0v) is 19.7. The minimum Gasteiger partial charge on any atom is -0.453 e. The second-order valence-electron chi connectivity index (χ2n) is 9.21. The predicted octanol–water partition coefficient (Wildman–Crippen LogP) is 0.978. The first-order valence-corrected chi connectivity index (χ1v) is 12.9. The first kappa shape index (κ1) is 23.0. The Labute approximate surface area is 198 Å². The Hall–Kier alpha value is -2.76. The SMILES string of the molecule is COC(=O)Nc1ccc(S(=O)(=O)N2CCN(CCN3C(=O)[C@@H]4[C@H](C3=O)[C@H]3C=C[C@H]4C3)CC2)cc1. The number of imide groups is 1. The summed E-state index contributed by atoms with van der Waals surface area (Å²) in [7, 11) is -2.41. The van der Waals surface area contributed by atoms with E-state index in [2.05, 4.69) is 27.1 Å². The number of sulfonamides is 1. The van der Waals surface area contributed by atoms with E-state index in [1.54, 1.807) is 0 Å². The van der Waals surface area contributed by atoms with Crippen LogP contribution in [0.3, 0.4) is 0 Å². The molecule has 4 atom stereocenters. The molecule has 0 radical (unpaired) electrons. The maximum atomic E-state index is 13.0. The number of rotatable bonds is 6. The van der Waals surface area contributed by atoms with Gasteiger partial charge in [0.05, 0.1) is 23.8 Å². The quantitative estimate of drug-likeness (QED) is 0.469. The molecular weight excluding hydrogens is 460 g/mol. The van der Waals surface area contributed by atoms with Gasteiger partial charge in [0, 0.05) is 45.0 Å². The molecule has 1 aromatic rings. The fourth-order valence-electron chi connectivity index (χ4n) is 5.65. The van der Waals surface area contributed by atoms with Crippen molar-refractivity contribution in [1.82, 2.24) is 14.1 Å². The van der Waals surface area contributed by atoms with Crippen molar-refractivity contribution in [3.63, 3.8) is 0 Å². The summed E-state index contributed by atoms with van der Waals surface area (Å²) in [6, 6.07) is 5.94. The van der Waals surface area contributed by atoms with Crippen LogP contribution in [0.1, 0.15) is 6.42 Å². The van der Waals surface area contributed by atoms with Crippen molar-refractivity contribution in [2.24, 2.45) is 23.7 Å². The van der Waals surface area contributed by atoms with Gasteiger partial charge in [0.15, 0.2) is 0 Å². The Balaban J connectivity index is 1.13. The molecule has 2 heterocycles. The Morgan fingerprint density at radius 3 is 2.12 bits per heavy atom. The van der Waals surface area contributed by atoms with Gasteiger partial charge in [-0.1, -0.05) is 12.2 Å². The van der Waals surface area contributed by atoms with Crippen LogP contribution in [0, 0.1) is 23.7 Å². The van der Waals surface area contributed by atoms with E-state index in [9.17, 15) is 22.8 Å². The zero-order valence-electron chi connectivity index (χ0n) is 18.9. The third kappa shape index (κ3) is 3.91. The van der Waals surface area contributed by atoms with Crippen molar-refractivity contribution in [1.29, 1.82) is 0 Å². The van der Waals surface area contributed by atoms with Crippen LogP contribution >= 0.6 is 0 Å². The number of hydrogen-bond acceptors (Lipinski definition) is 7. The largest absolute Gasteiger partial charge is 0.453 e. The van der Waals surface area contributed by atoms with Gasteiger partial charge in [-0.05, 0) is 42.5 Å². The van der Waals surface area contributed by atoms with Crippen molar-refractivity contribution in [3.8, 4) is 0 Å². The molecule has 0 unspecified atom stereocenters. The highest BCUT2D eigenvalue weighted by Crippen LogP contribution is 2.52. The van der Waals surface area contributed by atoms with E-state index >= 15 is 0 Å². The van der Waals surface area contributed by atoms with Gasteiger partial charge in [-0.25, -0.2) is 13.2 Å². The average Bonchev–Trinajstić information content (AvgIpc) is 3.52. The van der Waals surface area contributed by atoms with E-state index in [0.717, 1.165) is 6.42 Å². The van der Waals surface area contributed by atoms with Crippen LogP contribution in [0.2, 0.25) is 0 Å². The lowest BCUT2D eigenvalue weighted by atomic mass is 9.85. The zero-order chi connectivity index (χ0) is 24.0. The molecule has 0 spiro atoms. The third-order valence-corrected chi connectivity index (χ3v) is 9.37. The van der Waals surface area contributed by atoms with E-state index in [0.29, 0.717) is 45.0 Å². The normalized spacial score (nSPS) is 29.0. The van der Waals surface area contributed by atoms with E-state index < -0.39 is 16.1 Å². The molecule has 10 nitrogen and oxygen atoms in total. The summed E-state index contributed by atoms with van der Waals surface area (Å²) in [5, 5.41) is 2.49. The van der Waals surface area contributed by atoms with Crippen LogP contribution in [0.4, 0.5) is 10.5 Å². The standard InChI is InChI=1S/C23H28N4O6S/c1-33-23(30)24-17-4-6-18(7-5-17)34(31,32)26-11-8-25(9-12-26)10-13-27-21(28)19-15-2-3-16(14-15)20(19)22(27)29/h2-7,15-16,19-20H,8-14H2,1H3,(H,24,30)/t15-,16-,19-,20+/m0/s1. The maximum absolute atomic E-state index is 13.0. The average molecular weight is 489 g/mol. The number of carbonyl (C=O) groups excluding carboxylic acids is 3. The van der Waals surface area contributed by atoms with Crippen molar-refractivity contribution in [2.75, 3.05) is 51.7 Å². The lowest BCUT2D eigenvalue weighted by molar-refractivity contribution is -0.141. The number of fused-ring (bicyclic) bond motifs is 5. The highest BCUT2D eigenvalue weighted by atomic mass is 32.2. The number of nitrogens with one attached hydrogen (secondary N) is 1. The van der Waals surface area contributed by atoms with Crippen LogP contribution < -0.4 is 5.32 Å². The van der Waals surface area contributed by atoms with Gasteiger partial charge < -0.3 is 4.74 Å². The number of piperazine rings is 1. The monoisotopic (exact) mass is 488 g/mol. The van der Waals surface area contributed by atoms with Gasteiger partial charge in [-0.2, -0.15) is 4.31 Å². The summed E-state index contributed by atoms with van der Waals surface area (Å²) < 4.78 is 32.0. The topological polar surface area (TPSA) is 116 Å². The number of benzene rings is 1. The predicted molar refractivity (Wildman–Crippen MR) is 122 cm³/mol. The van der Waals surface area contributed by atoms with Crippen LogP contribution in [-0.4, -0.2) is 86.8 Å². The van der Waals surface area contributed by atoms with E-state index in [1.165, 1.54) is 40.6 Å². The number of likely N-dealkylation sites (tertiary alicyclic amines) is 1. The van der Waals surface area contributed by atoms with Crippen LogP contribution in [0.15, 0.2) is 41.3 Å². The minimum absolute atomic E-state index is 0.0433. The molecule has 3 fully saturated rings. The Kier molecular flexibility index (Phi) is 5.95. The van der Waals surface area contributed by atoms with Gasteiger partial charge >= 0.3 is 6.09 Å². The van der Waals surface area contributed by atoms with Crippen molar-refractivity contribution in [3.05, 3.63) is 36.4 Å². The minimum atomic E-state index is -3.66. The van der Waals surface area contributed by atoms with Crippen LogP contribution in [0.5, 0.6) is 0 Å². The molecule has 2 aliphatic heterocycles. The second kappa shape index (κ2) is 8.79. The molecule has 2 aliphatic carbocycles. The van der Waals surface area contributed by atoms with Crippen LogP contribution in [-0.2, 0) is 24.3 Å². The number of hydrogen-bond donors (Lipinski definition) is 1. The first-order chi connectivity index (χ1) is 16.3. The lowest BCUT2D eigenvalue weighted by Gasteiger charge is -2.34. The van der Waals surface area contributed by atoms with Gasteiger partial charge in [-0.15, -0.1) is 0 Å². The lowest BCUT2D eigenvalue weighted by Crippen LogP contribution is -2.50. The summed E-state index contributed by atoms with van der Waals surface area (Å²) >= 11 is 0. The van der Waals surface area contributed by atoms with Crippen molar-refractivity contribution >= 4 is 33.6 Å². The Bertz CT molecular complexity index is 1100. The first-order valence-electron chi connectivity index (χ1n) is 11.5. The number of nitrogens with zero attached hydrogens (tertiary/aromatic N) is 3. The summed E-state index contributed by atoms with van der Waals surface area (Å²) in [5.41, 5.74) is 0.439. The molecule has 4 aliphatic rings. The number of amides is 3. The molecule has 5 rings (SSSR count). The fourth-order valence-corrected chi connectivity index (χ4v) is 7.07. The highest BCUT2D eigenvalue weighted by molar-refractivity contribution is 7.89. The van der Waals surface area contributed by atoms with Gasteiger partial charge in [0.25, 0.3) is 0 Å². The molecule has 1 aromatic carbocycles. The molecule has 182 valence electrons. The summed E-state index contributed by atoms with van der Waals surface area (Å²) in [5.74, 6) is -0.0418. The Morgan fingerprint density at radius 2 is 1.56 bits per heavy atom. The summed E-state index contributed by atoms with van der Waals surface area (Å²) in [6.07, 6.45) is 4.46. The molecule has 2 saturated heterocycles. The number of methoxy groups -OCH3 is 1.